The lowest BCUT2D eigenvalue weighted by atomic mass is 10.1. The van der Waals surface area contributed by atoms with E-state index in [2.05, 4.69) is 17.2 Å². The van der Waals surface area contributed by atoms with Crippen LogP contribution in [0.1, 0.15) is 35.8 Å². The molecule has 24 heavy (non-hydrogen) atoms. The van der Waals surface area contributed by atoms with Gasteiger partial charge in [0, 0.05) is 18.3 Å². The van der Waals surface area contributed by atoms with Gasteiger partial charge in [-0.2, -0.15) is 0 Å². The zero-order valence-corrected chi connectivity index (χ0v) is 14.0. The molecule has 0 radical (unpaired) electrons. The molecule has 1 N–H and O–H groups in total. The molecular formula is C20H20N2O2. The van der Waals surface area contributed by atoms with Crippen LogP contribution in [-0.2, 0) is 4.79 Å². The van der Waals surface area contributed by atoms with Crippen LogP contribution in [0.15, 0.2) is 54.6 Å². The summed E-state index contributed by atoms with van der Waals surface area (Å²) in [5, 5.41) is 2.88. The van der Waals surface area contributed by atoms with Gasteiger partial charge >= 0.3 is 0 Å². The fourth-order valence-corrected chi connectivity index (χ4v) is 2.26. The number of hydrogen-bond acceptors (Lipinski definition) is 2. The van der Waals surface area contributed by atoms with Crippen molar-refractivity contribution in [2.45, 2.75) is 19.9 Å². The number of rotatable bonds is 4. The van der Waals surface area contributed by atoms with Gasteiger partial charge in [0.2, 0.25) is 0 Å². The van der Waals surface area contributed by atoms with Crippen molar-refractivity contribution in [1.82, 2.24) is 4.90 Å². The van der Waals surface area contributed by atoms with Crippen LogP contribution in [0, 0.1) is 11.8 Å². The van der Waals surface area contributed by atoms with Crippen LogP contribution in [0.4, 0.5) is 5.69 Å². The molecule has 0 bridgehead atoms. The van der Waals surface area contributed by atoms with E-state index in [1.807, 2.05) is 49.4 Å². The molecule has 4 heteroatoms. The number of anilines is 1. The molecule has 2 rings (SSSR count). The second-order valence-corrected chi connectivity index (χ2v) is 5.41. The Bertz CT molecular complexity index is 788. The summed E-state index contributed by atoms with van der Waals surface area (Å²) < 4.78 is 0. The molecular weight excluding hydrogens is 300 g/mol. The molecule has 0 spiro atoms. The van der Waals surface area contributed by atoms with Crippen molar-refractivity contribution < 1.29 is 9.59 Å². The third kappa shape index (κ3) is 4.23. The molecule has 0 saturated heterocycles. The molecule has 0 saturated carbocycles. The zero-order chi connectivity index (χ0) is 17.5. The molecule has 0 aliphatic carbocycles. The Labute approximate surface area is 142 Å². The number of hydrogen-bond donors (Lipinski definition) is 1. The topological polar surface area (TPSA) is 49.4 Å². The molecule has 1 unspecified atom stereocenters. The average Bonchev–Trinajstić information content (AvgIpc) is 2.61. The molecule has 1 atom stereocenters. The fourth-order valence-electron chi connectivity index (χ4n) is 2.26. The lowest BCUT2D eigenvalue weighted by molar-refractivity contribution is -0.125. The summed E-state index contributed by atoms with van der Waals surface area (Å²) in [6.45, 7) is 3.56. The van der Waals surface area contributed by atoms with Crippen LogP contribution < -0.4 is 5.32 Å². The Hall–Kier alpha value is -3.06. The minimum atomic E-state index is -0.233. The van der Waals surface area contributed by atoms with Gasteiger partial charge in [-0.3, -0.25) is 9.59 Å². The van der Waals surface area contributed by atoms with E-state index in [9.17, 15) is 9.59 Å². The minimum absolute atomic E-state index is 0.146. The van der Waals surface area contributed by atoms with Crippen molar-refractivity contribution in [2.24, 2.45) is 0 Å². The maximum absolute atomic E-state index is 12.2. The summed E-state index contributed by atoms with van der Waals surface area (Å²) in [4.78, 5) is 25.7. The molecule has 0 heterocycles. The predicted molar refractivity (Wildman–Crippen MR) is 95.5 cm³/mol. The van der Waals surface area contributed by atoms with Crippen LogP contribution in [0.2, 0.25) is 0 Å². The maximum Gasteiger partial charge on any atom is 0.298 e. The Morgan fingerprint density at radius 1 is 1.08 bits per heavy atom. The molecule has 4 nitrogen and oxygen atoms in total. The van der Waals surface area contributed by atoms with E-state index in [-0.39, 0.29) is 17.9 Å². The Morgan fingerprint density at radius 2 is 1.79 bits per heavy atom. The van der Waals surface area contributed by atoms with E-state index in [1.54, 1.807) is 31.0 Å². The first-order chi connectivity index (χ1) is 11.5. The largest absolute Gasteiger partial charge is 0.328 e. The summed E-state index contributed by atoms with van der Waals surface area (Å²) in [6.07, 6.45) is 0. The highest BCUT2D eigenvalue weighted by Crippen LogP contribution is 2.22. The van der Waals surface area contributed by atoms with E-state index < -0.39 is 0 Å². The molecule has 122 valence electrons. The average molecular weight is 320 g/mol. The van der Waals surface area contributed by atoms with E-state index in [4.69, 9.17) is 0 Å². The van der Waals surface area contributed by atoms with E-state index in [1.165, 1.54) is 0 Å². The highest BCUT2D eigenvalue weighted by molar-refractivity contribution is 6.04. The third-order valence-corrected chi connectivity index (χ3v) is 3.80. The van der Waals surface area contributed by atoms with Gasteiger partial charge in [-0.15, -0.1) is 0 Å². The number of amides is 2. The van der Waals surface area contributed by atoms with Crippen molar-refractivity contribution in [2.75, 3.05) is 12.4 Å². The number of nitrogens with zero attached hydrogens (tertiary/aromatic N) is 1. The highest BCUT2D eigenvalue weighted by atomic mass is 16.2. The van der Waals surface area contributed by atoms with Gasteiger partial charge in [0.15, 0.2) is 0 Å². The van der Waals surface area contributed by atoms with Gasteiger partial charge in [0.25, 0.3) is 11.8 Å². The molecule has 0 aliphatic rings. The summed E-state index contributed by atoms with van der Waals surface area (Å²) in [5.74, 6) is 4.75. The Balaban J connectivity index is 2.15. The second kappa shape index (κ2) is 7.98. The summed E-state index contributed by atoms with van der Waals surface area (Å²) in [6, 6.07) is 16.4. The molecule has 0 fully saturated rings. The van der Waals surface area contributed by atoms with Crippen molar-refractivity contribution in [3.8, 4) is 11.8 Å². The van der Waals surface area contributed by atoms with Crippen LogP contribution in [0.3, 0.4) is 0 Å². The summed E-state index contributed by atoms with van der Waals surface area (Å²) in [5.41, 5.74) is 2.21. The zero-order valence-electron chi connectivity index (χ0n) is 14.0. The van der Waals surface area contributed by atoms with Gasteiger partial charge in [0.05, 0.1) is 6.04 Å². The van der Waals surface area contributed by atoms with Crippen molar-refractivity contribution >= 4 is 17.5 Å². The van der Waals surface area contributed by atoms with Crippen molar-refractivity contribution in [3.05, 3.63) is 65.7 Å². The van der Waals surface area contributed by atoms with Gasteiger partial charge in [-0.1, -0.05) is 36.3 Å². The van der Waals surface area contributed by atoms with Crippen molar-refractivity contribution in [3.63, 3.8) is 0 Å². The quantitative estimate of drug-likeness (QED) is 0.877. The lowest BCUT2D eigenvalue weighted by Crippen LogP contribution is -2.28. The SMILES string of the molecule is CC#CC(=O)N(C)C(C)c1cccc(NC(=O)c2ccccc2)c1. The third-order valence-electron chi connectivity index (χ3n) is 3.80. The van der Waals surface area contributed by atoms with E-state index in [0.717, 1.165) is 5.56 Å². The first-order valence-electron chi connectivity index (χ1n) is 7.69. The molecule has 0 aliphatic heterocycles. The summed E-state index contributed by atoms with van der Waals surface area (Å²) >= 11 is 0. The van der Waals surface area contributed by atoms with Crippen LogP contribution in [0.5, 0.6) is 0 Å². The molecule has 2 aromatic rings. The second-order valence-electron chi connectivity index (χ2n) is 5.41. The summed E-state index contributed by atoms with van der Waals surface area (Å²) in [7, 11) is 1.71. The van der Waals surface area contributed by atoms with Crippen LogP contribution >= 0.6 is 0 Å². The number of carbonyl (C=O) groups is 2. The standard InChI is InChI=1S/C20H20N2O2/c1-4-9-19(23)22(3)15(2)17-12-8-13-18(14-17)21-20(24)16-10-6-5-7-11-16/h5-8,10-15H,1-3H3,(H,21,24). The van der Waals surface area contributed by atoms with Gasteiger partial charge < -0.3 is 10.2 Å². The highest BCUT2D eigenvalue weighted by Gasteiger charge is 2.16. The van der Waals surface area contributed by atoms with E-state index in [0.29, 0.717) is 11.3 Å². The lowest BCUT2D eigenvalue weighted by Gasteiger charge is -2.23. The first-order valence-corrected chi connectivity index (χ1v) is 7.69. The van der Waals surface area contributed by atoms with Crippen LogP contribution in [-0.4, -0.2) is 23.8 Å². The monoisotopic (exact) mass is 320 g/mol. The Kier molecular flexibility index (Phi) is 5.75. The van der Waals surface area contributed by atoms with E-state index >= 15 is 0 Å². The number of carbonyl (C=O) groups excluding carboxylic acids is 2. The molecule has 2 aromatic carbocycles. The van der Waals surface area contributed by atoms with Gasteiger partial charge in [-0.25, -0.2) is 0 Å². The first kappa shape index (κ1) is 17.3. The smallest absolute Gasteiger partial charge is 0.298 e. The number of benzene rings is 2. The van der Waals surface area contributed by atoms with Crippen LogP contribution in [0.25, 0.3) is 0 Å². The van der Waals surface area contributed by atoms with Crippen molar-refractivity contribution in [1.29, 1.82) is 0 Å². The van der Waals surface area contributed by atoms with Gasteiger partial charge in [0.1, 0.15) is 0 Å². The maximum atomic E-state index is 12.2. The van der Waals surface area contributed by atoms with Gasteiger partial charge in [-0.05, 0) is 49.6 Å². The fraction of sp³-hybridized carbons (Fsp3) is 0.200. The molecule has 0 aromatic heterocycles. The molecule has 2 amide bonds. The predicted octanol–water partition coefficient (Wildman–Crippen LogP) is 3.48. The minimum Gasteiger partial charge on any atom is -0.328 e. The normalized spacial score (nSPS) is 11.0. The number of nitrogens with one attached hydrogen (secondary N) is 1. The Morgan fingerprint density at radius 3 is 2.46 bits per heavy atom.